The predicted molar refractivity (Wildman–Crippen MR) is 102 cm³/mol. The SMILES string of the molecule is CCNc1c(NC(=O)Nc2cccc(OC)c2)c(=O)oc2ccccc12. The van der Waals surface area contributed by atoms with Crippen LogP contribution in [0.15, 0.2) is 57.7 Å². The van der Waals surface area contributed by atoms with E-state index in [1.54, 1.807) is 43.5 Å². The summed E-state index contributed by atoms with van der Waals surface area (Å²) in [6, 6.07) is 13.5. The van der Waals surface area contributed by atoms with Gasteiger partial charge in [0.05, 0.1) is 12.8 Å². The number of para-hydroxylation sites is 1. The van der Waals surface area contributed by atoms with Gasteiger partial charge in [0.1, 0.15) is 11.3 Å². The molecule has 0 aliphatic carbocycles. The molecule has 0 aliphatic heterocycles. The number of carbonyl (C=O) groups excluding carboxylic acids is 1. The van der Waals surface area contributed by atoms with E-state index >= 15 is 0 Å². The summed E-state index contributed by atoms with van der Waals surface area (Å²) in [5, 5.41) is 9.09. The third-order valence-electron chi connectivity index (χ3n) is 3.73. The van der Waals surface area contributed by atoms with Gasteiger partial charge in [-0.1, -0.05) is 18.2 Å². The van der Waals surface area contributed by atoms with E-state index in [4.69, 9.17) is 9.15 Å². The number of hydrogen-bond acceptors (Lipinski definition) is 5. The van der Waals surface area contributed by atoms with Gasteiger partial charge in [-0.25, -0.2) is 9.59 Å². The fourth-order valence-electron chi connectivity index (χ4n) is 2.60. The minimum atomic E-state index is -0.625. The Bertz CT molecular complexity index is 997. The van der Waals surface area contributed by atoms with Crippen molar-refractivity contribution in [2.24, 2.45) is 0 Å². The van der Waals surface area contributed by atoms with Crippen LogP contribution in [0, 0.1) is 0 Å². The molecule has 3 rings (SSSR count). The molecule has 0 bridgehead atoms. The second kappa shape index (κ2) is 7.60. The van der Waals surface area contributed by atoms with E-state index in [9.17, 15) is 9.59 Å². The second-order valence-corrected chi connectivity index (χ2v) is 5.48. The second-order valence-electron chi connectivity index (χ2n) is 5.48. The Morgan fingerprint density at radius 2 is 1.88 bits per heavy atom. The smallest absolute Gasteiger partial charge is 0.362 e. The highest BCUT2D eigenvalue weighted by atomic mass is 16.5. The molecule has 0 radical (unpaired) electrons. The Labute approximate surface area is 150 Å². The summed E-state index contributed by atoms with van der Waals surface area (Å²) in [6.45, 7) is 2.49. The van der Waals surface area contributed by atoms with Gasteiger partial charge in [0, 0.05) is 23.7 Å². The highest BCUT2D eigenvalue weighted by Crippen LogP contribution is 2.28. The zero-order valence-corrected chi connectivity index (χ0v) is 14.5. The number of amides is 2. The third-order valence-corrected chi connectivity index (χ3v) is 3.73. The van der Waals surface area contributed by atoms with Crippen molar-refractivity contribution in [2.45, 2.75) is 6.92 Å². The Morgan fingerprint density at radius 3 is 2.65 bits per heavy atom. The van der Waals surface area contributed by atoms with Crippen molar-refractivity contribution in [3.05, 3.63) is 59.0 Å². The number of ether oxygens (including phenoxy) is 1. The Kier molecular flexibility index (Phi) is 5.07. The van der Waals surface area contributed by atoms with Gasteiger partial charge in [0.2, 0.25) is 0 Å². The Balaban J connectivity index is 1.92. The third kappa shape index (κ3) is 3.61. The molecule has 0 spiro atoms. The van der Waals surface area contributed by atoms with Crippen LogP contribution in [-0.4, -0.2) is 19.7 Å². The number of anilines is 3. The van der Waals surface area contributed by atoms with Crippen LogP contribution in [0.3, 0.4) is 0 Å². The molecule has 7 heteroatoms. The van der Waals surface area contributed by atoms with Crippen molar-refractivity contribution in [1.82, 2.24) is 0 Å². The van der Waals surface area contributed by atoms with Gasteiger partial charge in [0.15, 0.2) is 5.69 Å². The first kappa shape index (κ1) is 17.3. The molecule has 0 aliphatic rings. The molecule has 0 fully saturated rings. The van der Waals surface area contributed by atoms with E-state index in [0.717, 1.165) is 0 Å². The molecular weight excluding hydrogens is 334 g/mol. The maximum absolute atomic E-state index is 12.4. The molecule has 26 heavy (non-hydrogen) atoms. The average molecular weight is 353 g/mol. The normalized spacial score (nSPS) is 10.4. The summed E-state index contributed by atoms with van der Waals surface area (Å²) >= 11 is 0. The number of fused-ring (bicyclic) bond motifs is 1. The fraction of sp³-hybridized carbons (Fsp3) is 0.158. The summed E-state index contributed by atoms with van der Waals surface area (Å²) in [4.78, 5) is 24.7. The van der Waals surface area contributed by atoms with Crippen LogP contribution in [0.1, 0.15) is 6.92 Å². The average Bonchev–Trinajstić information content (AvgIpc) is 2.64. The van der Waals surface area contributed by atoms with Gasteiger partial charge in [0.25, 0.3) is 0 Å². The quantitative estimate of drug-likeness (QED) is 0.605. The number of nitrogens with one attached hydrogen (secondary N) is 3. The van der Waals surface area contributed by atoms with Crippen molar-refractivity contribution < 1.29 is 13.9 Å². The minimum Gasteiger partial charge on any atom is -0.497 e. The molecular formula is C19H19N3O4. The molecule has 134 valence electrons. The molecule has 1 heterocycles. The van der Waals surface area contributed by atoms with E-state index in [1.165, 1.54) is 0 Å². The zero-order valence-electron chi connectivity index (χ0n) is 14.5. The number of methoxy groups -OCH3 is 1. The van der Waals surface area contributed by atoms with Gasteiger partial charge >= 0.3 is 11.7 Å². The van der Waals surface area contributed by atoms with Crippen molar-refractivity contribution >= 4 is 34.1 Å². The fourth-order valence-corrected chi connectivity index (χ4v) is 2.60. The van der Waals surface area contributed by atoms with Crippen LogP contribution in [0.5, 0.6) is 5.75 Å². The van der Waals surface area contributed by atoms with Crippen LogP contribution in [-0.2, 0) is 0 Å². The molecule has 3 aromatic rings. The predicted octanol–water partition coefficient (Wildman–Crippen LogP) is 3.88. The van der Waals surface area contributed by atoms with Crippen molar-refractivity contribution in [3.63, 3.8) is 0 Å². The molecule has 0 saturated heterocycles. The first-order valence-electron chi connectivity index (χ1n) is 8.14. The van der Waals surface area contributed by atoms with Crippen LogP contribution in [0.2, 0.25) is 0 Å². The van der Waals surface area contributed by atoms with Crippen molar-refractivity contribution in [1.29, 1.82) is 0 Å². The molecule has 0 saturated carbocycles. The van der Waals surface area contributed by atoms with E-state index in [0.29, 0.717) is 34.6 Å². The highest BCUT2D eigenvalue weighted by Gasteiger charge is 2.16. The molecule has 3 N–H and O–H groups in total. The van der Waals surface area contributed by atoms with Crippen LogP contribution in [0.25, 0.3) is 11.0 Å². The summed E-state index contributed by atoms with van der Waals surface area (Å²) in [7, 11) is 1.54. The molecule has 2 aromatic carbocycles. The first-order valence-corrected chi connectivity index (χ1v) is 8.14. The summed E-state index contributed by atoms with van der Waals surface area (Å²) < 4.78 is 10.4. The molecule has 1 aromatic heterocycles. The van der Waals surface area contributed by atoms with Crippen LogP contribution < -0.4 is 26.3 Å². The van der Waals surface area contributed by atoms with Gasteiger partial charge < -0.3 is 19.8 Å². The minimum absolute atomic E-state index is 0.0611. The largest absolute Gasteiger partial charge is 0.497 e. The number of rotatable bonds is 5. The van der Waals surface area contributed by atoms with Gasteiger partial charge in [-0.15, -0.1) is 0 Å². The number of carbonyl (C=O) groups is 1. The van der Waals surface area contributed by atoms with Gasteiger partial charge in [-0.3, -0.25) is 5.32 Å². The Morgan fingerprint density at radius 1 is 1.08 bits per heavy atom. The zero-order chi connectivity index (χ0) is 18.5. The maximum atomic E-state index is 12.4. The van der Waals surface area contributed by atoms with Crippen LogP contribution in [0.4, 0.5) is 21.9 Å². The lowest BCUT2D eigenvalue weighted by atomic mass is 10.2. The van der Waals surface area contributed by atoms with Gasteiger partial charge in [-0.2, -0.15) is 0 Å². The van der Waals surface area contributed by atoms with Crippen molar-refractivity contribution in [2.75, 3.05) is 29.6 Å². The monoisotopic (exact) mass is 353 g/mol. The maximum Gasteiger partial charge on any atom is 0.362 e. The van der Waals surface area contributed by atoms with Crippen LogP contribution >= 0.6 is 0 Å². The van der Waals surface area contributed by atoms with E-state index in [1.807, 2.05) is 19.1 Å². The summed E-state index contributed by atoms with van der Waals surface area (Å²) in [5.41, 5.74) is 0.954. The van der Waals surface area contributed by atoms with Crippen molar-refractivity contribution in [3.8, 4) is 5.75 Å². The lowest BCUT2D eigenvalue weighted by Gasteiger charge is -2.14. The standard InChI is InChI=1S/C19H19N3O4/c1-3-20-16-14-9-4-5-10-15(14)26-18(23)17(16)22-19(24)21-12-7-6-8-13(11-12)25-2/h4-11,20H,3H2,1-2H3,(H2,21,22,24). The van der Waals surface area contributed by atoms with Gasteiger partial charge in [-0.05, 0) is 31.2 Å². The molecule has 7 nitrogen and oxygen atoms in total. The molecule has 2 amide bonds. The van der Waals surface area contributed by atoms with E-state index in [-0.39, 0.29) is 5.69 Å². The van der Waals surface area contributed by atoms with E-state index < -0.39 is 11.7 Å². The topological polar surface area (TPSA) is 92.6 Å². The lowest BCUT2D eigenvalue weighted by Crippen LogP contribution is -2.24. The number of urea groups is 1. The Hall–Kier alpha value is -3.48. The van der Waals surface area contributed by atoms with E-state index in [2.05, 4.69) is 16.0 Å². The number of hydrogen-bond donors (Lipinski definition) is 3. The molecule has 0 unspecified atom stereocenters. The number of benzene rings is 2. The highest BCUT2D eigenvalue weighted by molar-refractivity contribution is 6.05. The molecule has 0 atom stereocenters. The lowest BCUT2D eigenvalue weighted by molar-refractivity contribution is 0.262. The first-order chi connectivity index (χ1) is 12.6. The summed E-state index contributed by atoms with van der Waals surface area (Å²) in [6.07, 6.45) is 0. The summed E-state index contributed by atoms with van der Waals surface area (Å²) in [5.74, 6) is 0.612.